The van der Waals surface area contributed by atoms with Gasteiger partial charge in [0.25, 0.3) is 5.91 Å². The summed E-state index contributed by atoms with van der Waals surface area (Å²) in [6.45, 7) is 0. The maximum absolute atomic E-state index is 12.3. The summed E-state index contributed by atoms with van der Waals surface area (Å²) in [4.78, 5) is 25.3. The lowest BCUT2D eigenvalue weighted by molar-refractivity contribution is -0.111. The summed E-state index contributed by atoms with van der Waals surface area (Å²) < 4.78 is 5.74. The first kappa shape index (κ1) is 19.8. The number of thiophene rings is 1. The Morgan fingerprint density at radius 1 is 1.14 bits per heavy atom. The van der Waals surface area contributed by atoms with Gasteiger partial charge in [0, 0.05) is 26.6 Å². The van der Waals surface area contributed by atoms with Crippen LogP contribution in [0.5, 0.6) is 0 Å². The summed E-state index contributed by atoms with van der Waals surface area (Å²) in [6.07, 6.45) is 5.64. The molecule has 2 amide bonds. The lowest BCUT2D eigenvalue weighted by Gasteiger charge is -2.03. The highest BCUT2D eigenvalue weighted by Crippen LogP contribution is 2.38. The smallest absolute Gasteiger partial charge is 0.251 e. The fourth-order valence-electron chi connectivity index (χ4n) is 3.36. The molecule has 1 aromatic carbocycles. The van der Waals surface area contributed by atoms with Gasteiger partial charge >= 0.3 is 0 Å². The largest absolute Gasteiger partial charge is 0.457 e. The lowest BCUT2D eigenvalue weighted by atomic mass is 10.1. The lowest BCUT2D eigenvalue weighted by Crippen LogP contribution is -2.16. The molecule has 0 radical (unpaired) electrons. The average Bonchev–Trinajstić information content (AvgIpc) is 3.34. The quantitative estimate of drug-likeness (QED) is 0.503. The monoisotopic (exact) mass is 446 g/mol. The van der Waals surface area contributed by atoms with Crippen LogP contribution < -0.4 is 11.1 Å². The van der Waals surface area contributed by atoms with Crippen molar-refractivity contribution in [2.75, 3.05) is 5.32 Å². The highest BCUT2D eigenvalue weighted by atomic mass is 35.5. The van der Waals surface area contributed by atoms with Crippen LogP contribution in [0.15, 0.2) is 40.8 Å². The molecule has 3 aromatic rings. The number of rotatable bonds is 5. The molecule has 0 saturated heterocycles. The second-order valence-electron chi connectivity index (χ2n) is 6.61. The van der Waals surface area contributed by atoms with Crippen molar-refractivity contribution in [1.82, 2.24) is 0 Å². The van der Waals surface area contributed by atoms with Crippen molar-refractivity contribution < 1.29 is 14.0 Å². The first-order valence-electron chi connectivity index (χ1n) is 8.90. The number of benzene rings is 1. The number of aryl methyl sites for hydroxylation is 1. The van der Waals surface area contributed by atoms with E-state index in [2.05, 4.69) is 5.32 Å². The topological polar surface area (TPSA) is 85.3 Å². The predicted molar refractivity (Wildman–Crippen MR) is 117 cm³/mol. The van der Waals surface area contributed by atoms with Gasteiger partial charge in [0.05, 0.1) is 5.56 Å². The Morgan fingerprint density at radius 3 is 2.62 bits per heavy atom. The van der Waals surface area contributed by atoms with Gasteiger partial charge in [-0.2, -0.15) is 0 Å². The van der Waals surface area contributed by atoms with Gasteiger partial charge in [-0.3, -0.25) is 9.59 Å². The van der Waals surface area contributed by atoms with Gasteiger partial charge < -0.3 is 15.5 Å². The molecule has 1 aliphatic rings. The van der Waals surface area contributed by atoms with Crippen molar-refractivity contribution in [1.29, 1.82) is 0 Å². The number of halogens is 2. The van der Waals surface area contributed by atoms with Gasteiger partial charge in [-0.25, -0.2) is 0 Å². The van der Waals surface area contributed by atoms with Crippen LogP contribution in [0, 0.1) is 0 Å². The minimum Gasteiger partial charge on any atom is -0.457 e. The Morgan fingerprint density at radius 2 is 1.90 bits per heavy atom. The summed E-state index contributed by atoms with van der Waals surface area (Å²) in [5, 5.41) is 4.28. The number of hydrogen-bond acceptors (Lipinski definition) is 4. The predicted octanol–water partition coefficient (Wildman–Crippen LogP) is 5.55. The molecule has 0 unspecified atom stereocenters. The van der Waals surface area contributed by atoms with Gasteiger partial charge in [-0.15, -0.1) is 11.3 Å². The summed E-state index contributed by atoms with van der Waals surface area (Å²) in [6, 6.07) is 8.64. The molecule has 8 heteroatoms. The van der Waals surface area contributed by atoms with Crippen molar-refractivity contribution in [2.45, 2.75) is 19.3 Å². The Hall–Kier alpha value is -2.54. The van der Waals surface area contributed by atoms with E-state index in [1.807, 2.05) is 0 Å². The third kappa shape index (κ3) is 4.24. The number of amides is 2. The average molecular weight is 447 g/mol. The number of hydrogen-bond donors (Lipinski definition) is 2. The molecule has 0 fully saturated rings. The van der Waals surface area contributed by atoms with Gasteiger partial charge in [-0.1, -0.05) is 23.2 Å². The van der Waals surface area contributed by atoms with Crippen LogP contribution in [0.4, 0.5) is 5.00 Å². The highest BCUT2D eigenvalue weighted by Gasteiger charge is 2.25. The third-order valence-corrected chi connectivity index (χ3v) is 6.22. The van der Waals surface area contributed by atoms with E-state index in [4.69, 9.17) is 33.4 Å². The fourth-order valence-corrected chi connectivity index (χ4v) is 5.18. The zero-order chi connectivity index (χ0) is 20.5. The van der Waals surface area contributed by atoms with Crippen molar-refractivity contribution in [3.63, 3.8) is 0 Å². The molecule has 0 spiro atoms. The maximum Gasteiger partial charge on any atom is 0.251 e. The number of nitrogens with two attached hydrogens (primary N) is 1. The first-order valence-corrected chi connectivity index (χ1v) is 10.5. The molecule has 0 atom stereocenters. The third-order valence-electron chi connectivity index (χ3n) is 4.58. The fraction of sp³-hybridized carbons (Fsp3) is 0.143. The Bertz CT molecular complexity index is 1130. The number of primary amides is 1. The zero-order valence-corrected chi connectivity index (χ0v) is 17.5. The molecule has 3 N–H and O–H groups in total. The van der Waals surface area contributed by atoms with E-state index in [1.54, 1.807) is 36.4 Å². The van der Waals surface area contributed by atoms with E-state index in [1.165, 1.54) is 17.4 Å². The van der Waals surface area contributed by atoms with Gasteiger partial charge in [0.1, 0.15) is 16.5 Å². The van der Waals surface area contributed by atoms with Gasteiger partial charge in [0.15, 0.2) is 0 Å². The van der Waals surface area contributed by atoms with Crippen LogP contribution in [0.3, 0.4) is 0 Å². The van der Waals surface area contributed by atoms with E-state index in [0.29, 0.717) is 32.1 Å². The number of nitrogens with one attached hydrogen (secondary N) is 1. The summed E-state index contributed by atoms with van der Waals surface area (Å²) >= 11 is 13.5. The Labute approximate surface area is 181 Å². The van der Waals surface area contributed by atoms with E-state index in [9.17, 15) is 9.59 Å². The van der Waals surface area contributed by atoms with E-state index in [-0.39, 0.29) is 5.91 Å². The highest BCUT2D eigenvalue weighted by molar-refractivity contribution is 7.17. The summed E-state index contributed by atoms with van der Waals surface area (Å²) in [5.41, 5.74) is 7.66. The molecule has 0 aliphatic heterocycles. The number of fused-ring (bicyclic) bond motifs is 1. The molecular formula is C21H16Cl2N2O3S. The van der Waals surface area contributed by atoms with Crippen LogP contribution in [-0.2, 0) is 17.6 Å². The number of furan rings is 1. The SMILES string of the molecule is NC(=O)c1c(NC(=O)/C=C/c2ccc(-c3cc(Cl)cc(Cl)c3)o2)sc2c1CCC2. The summed E-state index contributed by atoms with van der Waals surface area (Å²) in [5.74, 6) is 0.200. The normalized spacial score (nSPS) is 13.0. The molecule has 2 aromatic heterocycles. The van der Waals surface area contributed by atoms with Crippen molar-refractivity contribution in [2.24, 2.45) is 5.73 Å². The van der Waals surface area contributed by atoms with Gasteiger partial charge in [-0.05, 0) is 61.2 Å². The number of carbonyl (C=O) groups excluding carboxylic acids is 2. The van der Waals surface area contributed by atoms with E-state index in [0.717, 1.165) is 35.3 Å². The minimum absolute atomic E-state index is 0.365. The van der Waals surface area contributed by atoms with Crippen molar-refractivity contribution >= 4 is 57.4 Å². The molecule has 0 saturated carbocycles. The van der Waals surface area contributed by atoms with Crippen LogP contribution in [0.2, 0.25) is 10.0 Å². The maximum atomic E-state index is 12.3. The summed E-state index contributed by atoms with van der Waals surface area (Å²) in [7, 11) is 0. The molecule has 2 heterocycles. The van der Waals surface area contributed by atoms with Crippen LogP contribution in [-0.4, -0.2) is 11.8 Å². The number of carbonyl (C=O) groups is 2. The molecule has 29 heavy (non-hydrogen) atoms. The molecule has 5 nitrogen and oxygen atoms in total. The standard InChI is InChI=1S/C21H16Cl2N2O3S/c22-12-8-11(9-13(23)10-12)16-6-4-14(28-16)5-7-18(26)25-21-19(20(24)27)15-2-1-3-17(15)29-21/h4-10H,1-3H2,(H2,24,27)(H,25,26)/b7-5+. The number of anilines is 1. The van der Waals surface area contributed by atoms with E-state index < -0.39 is 5.91 Å². The Balaban J connectivity index is 1.49. The Kier molecular flexibility index (Phi) is 5.50. The molecular weight excluding hydrogens is 431 g/mol. The second kappa shape index (κ2) is 8.06. The van der Waals surface area contributed by atoms with Crippen molar-refractivity contribution in [3.8, 4) is 11.3 Å². The molecule has 4 rings (SSSR count). The molecule has 1 aliphatic carbocycles. The van der Waals surface area contributed by atoms with Crippen LogP contribution in [0.1, 0.15) is 33.0 Å². The first-order chi connectivity index (χ1) is 13.9. The van der Waals surface area contributed by atoms with Gasteiger partial charge in [0.2, 0.25) is 5.91 Å². The second-order valence-corrected chi connectivity index (χ2v) is 8.59. The van der Waals surface area contributed by atoms with E-state index >= 15 is 0 Å². The zero-order valence-electron chi connectivity index (χ0n) is 15.1. The van der Waals surface area contributed by atoms with Crippen molar-refractivity contribution in [3.05, 3.63) is 68.2 Å². The molecule has 148 valence electrons. The minimum atomic E-state index is -0.514. The van der Waals surface area contributed by atoms with Crippen LogP contribution in [0.25, 0.3) is 17.4 Å². The molecule has 0 bridgehead atoms. The van der Waals surface area contributed by atoms with Crippen LogP contribution >= 0.6 is 34.5 Å².